The Morgan fingerprint density at radius 1 is 1.13 bits per heavy atom. The SMILES string of the molecule is CC(C)(C)OC(=O)N1CCN(C(N)=NCc2ccn(-c3ccc(F)cc3)n2)CC1.I. The lowest BCUT2D eigenvalue weighted by Gasteiger charge is -2.36. The number of hydrogen-bond donors (Lipinski definition) is 1. The summed E-state index contributed by atoms with van der Waals surface area (Å²) < 4.78 is 20.1. The van der Waals surface area contributed by atoms with Crippen LogP contribution in [0.2, 0.25) is 0 Å². The van der Waals surface area contributed by atoms with E-state index in [9.17, 15) is 9.18 Å². The molecule has 30 heavy (non-hydrogen) atoms. The molecule has 0 unspecified atom stereocenters. The maximum absolute atomic E-state index is 13.0. The normalized spacial score (nSPS) is 15.0. The topological polar surface area (TPSA) is 89.0 Å². The van der Waals surface area contributed by atoms with Crippen molar-refractivity contribution < 1.29 is 13.9 Å². The van der Waals surface area contributed by atoms with Gasteiger partial charge in [0.2, 0.25) is 0 Å². The average molecular weight is 530 g/mol. The number of rotatable bonds is 3. The van der Waals surface area contributed by atoms with Gasteiger partial charge in [0.25, 0.3) is 0 Å². The first-order valence-electron chi connectivity index (χ1n) is 9.54. The molecule has 2 aromatic rings. The summed E-state index contributed by atoms with van der Waals surface area (Å²) in [4.78, 5) is 20.2. The van der Waals surface area contributed by atoms with Crippen LogP contribution in [0.4, 0.5) is 9.18 Å². The van der Waals surface area contributed by atoms with Crippen molar-refractivity contribution in [3.63, 3.8) is 0 Å². The predicted octanol–water partition coefficient (Wildman–Crippen LogP) is 3.00. The number of amides is 1. The van der Waals surface area contributed by atoms with Crippen LogP contribution < -0.4 is 5.73 Å². The van der Waals surface area contributed by atoms with Gasteiger partial charge < -0.3 is 20.3 Å². The largest absolute Gasteiger partial charge is 0.444 e. The third kappa shape index (κ3) is 6.57. The highest BCUT2D eigenvalue weighted by Crippen LogP contribution is 2.12. The van der Waals surface area contributed by atoms with E-state index in [0.29, 0.717) is 38.7 Å². The summed E-state index contributed by atoms with van der Waals surface area (Å²) in [5, 5.41) is 4.44. The Hall–Kier alpha value is -2.37. The zero-order valence-corrected chi connectivity index (χ0v) is 19.7. The summed E-state index contributed by atoms with van der Waals surface area (Å²) in [6.07, 6.45) is 1.49. The average Bonchev–Trinajstić information content (AvgIpc) is 3.14. The summed E-state index contributed by atoms with van der Waals surface area (Å²) >= 11 is 0. The van der Waals surface area contributed by atoms with Gasteiger partial charge in [0.1, 0.15) is 11.4 Å². The van der Waals surface area contributed by atoms with Crippen molar-refractivity contribution in [3.8, 4) is 5.69 Å². The Balaban J connectivity index is 0.00000320. The number of aliphatic imine (C=N–C) groups is 1. The minimum Gasteiger partial charge on any atom is -0.444 e. The van der Waals surface area contributed by atoms with Crippen LogP contribution in [0.5, 0.6) is 0 Å². The number of ether oxygens (including phenoxy) is 1. The van der Waals surface area contributed by atoms with Gasteiger partial charge in [0.05, 0.1) is 17.9 Å². The number of carbonyl (C=O) groups excluding carboxylic acids is 1. The standard InChI is InChI=1S/C20H27FN6O2.HI/c1-20(2,3)29-19(28)26-12-10-25(11-13-26)18(22)23-14-16-8-9-27(24-16)17-6-4-15(21)5-7-17;/h4-9H,10-14H2,1-3H3,(H2,22,23);1H. The van der Waals surface area contributed by atoms with Crippen molar-refractivity contribution >= 4 is 36.0 Å². The molecule has 0 spiro atoms. The summed E-state index contributed by atoms with van der Waals surface area (Å²) in [6.45, 7) is 8.15. The smallest absolute Gasteiger partial charge is 0.410 e. The molecule has 1 fully saturated rings. The number of nitrogens with zero attached hydrogens (tertiary/aromatic N) is 5. The van der Waals surface area contributed by atoms with Crippen LogP contribution in [0.3, 0.4) is 0 Å². The lowest BCUT2D eigenvalue weighted by Crippen LogP contribution is -2.53. The Morgan fingerprint density at radius 2 is 1.73 bits per heavy atom. The maximum Gasteiger partial charge on any atom is 0.410 e. The highest BCUT2D eigenvalue weighted by atomic mass is 127. The van der Waals surface area contributed by atoms with E-state index in [1.54, 1.807) is 27.9 Å². The molecule has 0 radical (unpaired) electrons. The molecule has 1 amide bonds. The van der Waals surface area contributed by atoms with Gasteiger partial charge in [-0.3, -0.25) is 0 Å². The summed E-state index contributed by atoms with van der Waals surface area (Å²) in [5.41, 5.74) is 7.14. The number of benzene rings is 1. The van der Waals surface area contributed by atoms with Crippen molar-refractivity contribution in [2.24, 2.45) is 10.7 Å². The molecule has 2 heterocycles. The summed E-state index contributed by atoms with van der Waals surface area (Å²) in [5.74, 6) is 0.135. The maximum atomic E-state index is 13.0. The third-order valence-corrected chi connectivity index (χ3v) is 4.39. The molecule has 8 nitrogen and oxygen atoms in total. The first-order chi connectivity index (χ1) is 13.7. The lowest BCUT2D eigenvalue weighted by atomic mass is 10.2. The molecule has 10 heteroatoms. The number of nitrogens with two attached hydrogens (primary N) is 1. The molecule has 1 aliphatic heterocycles. The highest BCUT2D eigenvalue weighted by Gasteiger charge is 2.26. The summed E-state index contributed by atoms with van der Waals surface area (Å²) in [6, 6.07) is 7.95. The Kier molecular flexibility index (Phi) is 8.04. The van der Waals surface area contributed by atoms with E-state index >= 15 is 0 Å². The second-order valence-corrected chi connectivity index (χ2v) is 7.86. The van der Waals surface area contributed by atoms with E-state index < -0.39 is 5.60 Å². The van der Waals surface area contributed by atoms with E-state index in [0.717, 1.165) is 11.4 Å². The zero-order chi connectivity index (χ0) is 21.0. The highest BCUT2D eigenvalue weighted by molar-refractivity contribution is 14.0. The molecule has 0 atom stereocenters. The van der Waals surface area contributed by atoms with Gasteiger partial charge in [-0.05, 0) is 51.1 Å². The quantitative estimate of drug-likeness (QED) is 0.375. The van der Waals surface area contributed by atoms with Crippen molar-refractivity contribution in [1.82, 2.24) is 19.6 Å². The molecule has 164 valence electrons. The van der Waals surface area contributed by atoms with Crippen molar-refractivity contribution in [2.75, 3.05) is 26.2 Å². The number of piperazine rings is 1. The van der Waals surface area contributed by atoms with E-state index in [1.165, 1.54) is 12.1 Å². The lowest BCUT2D eigenvalue weighted by molar-refractivity contribution is 0.0186. The molecule has 1 aliphatic rings. The number of halogens is 2. The molecule has 1 aromatic heterocycles. The molecule has 3 rings (SSSR count). The fourth-order valence-electron chi connectivity index (χ4n) is 2.89. The minimum atomic E-state index is -0.508. The van der Waals surface area contributed by atoms with Gasteiger partial charge in [-0.15, -0.1) is 24.0 Å². The second-order valence-electron chi connectivity index (χ2n) is 7.86. The molecular formula is C20H28FIN6O2. The Morgan fingerprint density at radius 3 is 2.33 bits per heavy atom. The van der Waals surface area contributed by atoms with E-state index in [2.05, 4.69) is 10.1 Å². The van der Waals surface area contributed by atoms with Gasteiger partial charge in [-0.25, -0.2) is 18.9 Å². The Labute approximate surface area is 192 Å². The Bertz CT molecular complexity index is 870. The molecule has 1 saturated heterocycles. The molecule has 1 aromatic carbocycles. The summed E-state index contributed by atoms with van der Waals surface area (Å²) in [7, 11) is 0. The number of hydrogen-bond acceptors (Lipinski definition) is 4. The van der Waals surface area contributed by atoms with Crippen molar-refractivity contribution in [1.29, 1.82) is 0 Å². The number of carbonyl (C=O) groups is 1. The van der Waals surface area contributed by atoms with Crippen LogP contribution in [-0.2, 0) is 11.3 Å². The van der Waals surface area contributed by atoms with Crippen LogP contribution in [0, 0.1) is 5.82 Å². The van der Waals surface area contributed by atoms with Gasteiger partial charge >= 0.3 is 6.09 Å². The van der Waals surface area contributed by atoms with E-state index in [1.807, 2.05) is 31.7 Å². The third-order valence-electron chi connectivity index (χ3n) is 4.39. The van der Waals surface area contributed by atoms with Gasteiger partial charge in [-0.1, -0.05) is 0 Å². The minimum absolute atomic E-state index is 0. The fraction of sp³-hybridized carbons (Fsp3) is 0.450. The van der Waals surface area contributed by atoms with E-state index in [4.69, 9.17) is 10.5 Å². The van der Waals surface area contributed by atoms with Crippen LogP contribution in [0.1, 0.15) is 26.5 Å². The number of aromatic nitrogens is 2. The zero-order valence-electron chi connectivity index (χ0n) is 17.4. The molecule has 2 N–H and O–H groups in total. The fourth-order valence-corrected chi connectivity index (χ4v) is 2.89. The number of guanidine groups is 1. The van der Waals surface area contributed by atoms with Crippen LogP contribution in [-0.4, -0.2) is 63.4 Å². The van der Waals surface area contributed by atoms with Gasteiger partial charge in [-0.2, -0.15) is 5.10 Å². The first kappa shape index (κ1) is 23.9. The van der Waals surface area contributed by atoms with Crippen molar-refractivity contribution in [3.05, 3.63) is 48.0 Å². The predicted molar refractivity (Wildman–Crippen MR) is 124 cm³/mol. The molecule has 0 aliphatic carbocycles. The van der Waals surface area contributed by atoms with E-state index in [-0.39, 0.29) is 35.9 Å². The first-order valence-corrected chi connectivity index (χ1v) is 9.54. The van der Waals surface area contributed by atoms with Gasteiger partial charge in [0.15, 0.2) is 5.96 Å². The van der Waals surface area contributed by atoms with Gasteiger partial charge in [0, 0.05) is 32.4 Å². The van der Waals surface area contributed by atoms with Crippen molar-refractivity contribution in [2.45, 2.75) is 32.9 Å². The van der Waals surface area contributed by atoms with Crippen LogP contribution in [0.25, 0.3) is 5.69 Å². The second kappa shape index (κ2) is 10.1. The molecule has 0 saturated carbocycles. The van der Waals surface area contributed by atoms with Crippen LogP contribution in [0.15, 0.2) is 41.5 Å². The molecule has 0 bridgehead atoms. The molecular weight excluding hydrogens is 502 g/mol. The van der Waals surface area contributed by atoms with Crippen LogP contribution >= 0.6 is 24.0 Å². The monoisotopic (exact) mass is 530 g/mol.